The predicted molar refractivity (Wildman–Crippen MR) is 231 cm³/mol. The maximum absolute atomic E-state index is 5.60. The van der Waals surface area contributed by atoms with Crippen LogP contribution in [-0.4, -0.2) is 22.8 Å². The SMILES string of the molecule is BrC1=C(Br)C2=NC1=CC1=NC(=CC3=NC(=C(c4ccccc4)C4=NC(=C2Br)C(Br)=C4c2ccccc2)C(c2ccccc2)=C3c2ccccc2)C=C1.[Zn]. The Hall–Kier alpha value is -3.98. The maximum atomic E-state index is 5.60. The summed E-state index contributed by atoms with van der Waals surface area (Å²) < 4.78 is 3.24. The Morgan fingerprint density at radius 1 is 0.377 bits per heavy atom. The number of benzene rings is 4. The molecule has 0 atom stereocenters. The molecule has 0 unspecified atom stereocenters. The van der Waals surface area contributed by atoms with Crippen molar-refractivity contribution < 1.29 is 19.5 Å². The van der Waals surface area contributed by atoms with Crippen LogP contribution in [0.5, 0.6) is 0 Å². The largest absolute Gasteiger partial charge is 0.249 e. The Bertz CT molecular complexity index is 2600. The van der Waals surface area contributed by atoms with Gasteiger partial charge in [0.2, 0.25) is 0 Å². The molecule has 0 amide bonds. The van der Waals surface area contributed by atoms with Crippen molar-refractivity contribution in [2.24, 2.45) is 20.0 Å². The van der Waals surface area contributed by atoms with Crippen molar-refractivity contribution in [1.29, 1.82) is 0 Å². The van der Waals surface area contributed by atoms with E-state index in [-0.39, 0.29) is 19.5 Å². The molecule has 0 aromatic heterocycles. The Labute approximate surface area is 353 Å². The molecule has 5 heterocycles. The van der Waals surface area contributed by atoms with Crippen molar-refractivity contribution in [2.75, 3.05) is 0 Å². The van der Waals surface area contributed by atoms with Crippen LogP contribution in [0.1, 0.15) is 22.3 Å². The van der Waals surface area contributed by atoms with E-state index >= 15 is 0 Å². The second-order valence-corrected chi connectivity index (χ2v) is 15.5. The van der Waals surface area contributed by atoms with Crippen molar-refractivity contribution in [3.05, 3.63) is 209 Å². The molecular formula is C44H24Br4N4Zn. The van der Waals surface area contributed by atoms with Gasteiger partial charge in [0.25, 0.3) is 0 Å². The summed E-state index contributed by atoms with van der Waals surface area (Å²) >= 11 is 15.6. The van der Waals surface area contributed by atoms with Crippen LogP contribution in [0.3, 0.4) is 0 Å². The van der Waals surface area contributed by atoms with Crippen LogP contribution in [0.25, 0.3) is 22.3 Å². The van der Waals surface area contributed by atoms with E-state index in [0.717, 1.165) is 108 Å². The molecule has 0 radical (unpaired) electrons. The summed E-state index contributed by atoms with van der Waals surface area (Å²) in [6.45, 7) is 0. The number of hydrogen-bond acceptors (Lipinski definition) is 4. The molecule has 0 N–H and O–H groups in total. The zero-order valence-corrected chi connectivity index (χ0v) is 37.2. The molecule has 0 fully saturated rings. The summed E-state index contributed by atoms with van der Waals surface area (Å²) in [7, 11) is 0. The summed E-state index contributed by atoms with van der Waals surface area (Å²) in [5, 5.41) is 0. The molecule has 9 rings (SSSR count). The van der Waals surface area contributed by atoms with Gasteiger partial charge in [-0.15, -0.1) is 0 Å². The molecule has 0 saturated carbocycles. The van der Waals surface area contributed by atoms with Crippen LogP contribution in [0.2, 0.25) is 0 Å². The molecule has 5 aliphatic heterocycles. The molecule has 4 aromatic rings. The molecule has 53 heavy (non-hydrogen) atoms. The second kappa shape index (κ2) is 15.0. The summed E-state index contributed by atoms with van der Waals surface area (Å²) in [6.07, 6.45) is 8.10. The summed E-state index contributed by atoms with van der Waals surface area (Å²) in [6, 6.07) is 41.9. The van der Waals surface area contributed by atoms with Gasteiger partial charge in [-0.25, -0.2) is 20.0 Å². The topological polar surface area (TPSA) is 49.4 Å². The summed E-state index contributed by atoms with van der Waals surface area (Å²) in [4.78, 5) is 21.2. The molecule has 0 saturated heterocycles. The van der Waals surface area contributed by atoms with E-state index in [1.165, 1.54) is 0 Å². The van der Waals surface area contributed by atoms with E-state index < -0.39 is 0 Å². The van der Waals surface area contributed by atoms with E-state index in [2.05, 4.69) is 167 Å². The third-order valence-corrected chi connectivity index (χ3v) is 12.7. The fourth-order valence-electron chi connectivity index (χ4n) is 6.79. The monoisotopic (exact) mass is 988 g/mol. The van der Waals surface area contributed by atoms with E-state index in [4.69, 9.17) is 20.0 Å². The van der Waals surface area contributed by atoms with Gasteiger partial charge in [-0.1, -0.05) is 121 Å². The Morgan fingerprint density at radius 3 is 1.49 bits per heavy atom. The molecule has 9 heteroatoms. The first-order valence-electron chi connectivity index (χ1n) is 16.5. The second-order valence-electron chi connectivity index (χ2n) is 12.3. The number of nitrogens with zero attached hydrogens (tertiary/aromatic N) is 4. The molecule has 0 aliphatic carbocycles. The molecule has 0 spiro atoms. The average Bonchev–Trinajstić information content (AvgIpc) is 3.94. The van der Waals surface area contributed by atoms with Crippen molar-refractivity contribution in [1.82, 2.24) is 0 Å². The molecule has 4 aromatic carbocycles. The number of aliphatic imine (C=N–C) groups is 4. The van der Waals surface area contributed by atoms with Gasteiger partial charge in [-0.2, -0.15) is 0 Å². The van der Waals surface area contributed by atoms with Gasteiger partial charge < -0.3 is 0 Å². The first-order chi connectivity index (χ1) is 25.5. The fourth-order valence-corrected chi connectivity index (χ4v) is 9.49. The molecular weight excluding hydrogens is 970 g/mol. The van der Waals surface area contributed by atoms with Gasteiger partial charge in [-0.3, -0.25) is 0 Å². The molecule has 4 nitrogen and oxygen atoms in total. The van der Waals surface area contributed by atoms with Gasteiger partial charge in [0.15, 0.2) is 0 Å². The molecule has 250 valence electrons. The van der Waals surface area contributed by atoms with Crippen LogP contribution < -0.4 is 0 Å². The van der Waals surface area contributed by atoms with Gasteiger partial charge in [0, 0.05) is 41.8 Å². The first-order valence-corrected chi connectivity index (χ1v) is 19.7. The average molecular weight is 994 g/mol. The van der Waals surface area contributed by atoms with E-state index in [1.807, 2.05) is 42.5 Å². The number of rotatable bonds is 4. The number of fused-ring (bicyclic) bond motifs is 4. The summed E-state index contributed by atoms with van der Waals surface area (Å²) in [5.41, 5.74) is 14.3. The first kappa shape index (κ1) is 36.0. The van der Waals surface area contributed by atoms with Crippen LogP contribution in [0.15, 0.2) is 206 Å². The smallest absolute Gasteiger partial charge is 0.0955 e. The quantitative estimate of drug-likeness (QED) is 0.183. The Kier molecular flexibility index (Phi) is 10.2. The Balaban J connectivity index is 0.00000400. The van der Waals surface area contributed by atoms with Crippen LogP contribution in [0.4, 0.5) is 0 Å². The number of allylic oxidation sites excluding steroid dienone is 12. The van der Waals surface area contributed by atoms with Crippen LogP contribution in [-0.2, 0) is 19.5 Å². The molecule has 5 aliphatic rings. The van der Waals surface area contributed by atoms with E-state index in [1.54, 1.807) is 0 Å². The van der Waals surface area contributed by atoms with Crippen molar-refractivity contribution >= 4 is 109 Å². The third-order valence-electron chi connectivity index (χ3n) is 9.11. The van der Waals surface area contributed by atoms with Gasteiger partial charge in [-0.05, 0) is 110 Å². The normalized spacial score (nSPS) is 17.9. The minimum atomic E-state index is 0. The zero-order valence-electron chi connectivity index (χ0n) is 27.9. The number of halogens is 4. The minimum Gasteiger partial charge on any atom is -0.249 e. The predicted octanol–water partition coefficient (Wildman–Crippen LogP) is 12.6. The van der Waals surface area contributed by atoms with Crippen molar-refractivity contribution in [3.63, 3.8) is 0 Å². The van der Waals surface area contributed by atoms with Crippen LogP contribution in [0, 0.1) is 0 Å². The summed E-state index contributed by atoms with van der Waals surface area (Å²) in [5.74, 6) is 0. The molecule has 8 bridgehead atoms. The van der Waals surface area contributed by atoms with Crippen molar-refractivity contribution in [2.45, 2.75) is 0 Å². The van der Waals surface area contributed by atoms with E-state index in [9.17, 15) is 0 Å². The maximum Gasteiger partial charge on any atom is 0.0955 e. The van der Waals surface area contributed by atoms with Gasteiger partial charge in [0.05, 0.1) is 63.6 Å². The third kappa shape index (κ3) is 6.51. The van der Waals surface area contributed by atoms with Gasteiger partial charge >= 0.3 is 0 Å². The minimum absolute atomic E-state index is 0. The van der Waals surface area contributed by atoms with Crippen molar-refractivity contribution in [3.8, 4) is 0 Å². The Morgan fingerprint density at radius 2 is 0.906 bits per heavy atom. The van der Waals surface area contributed by atoms with Gasteiger partial charge in [0.1, 0.15) is 0 Å². The number of hydrogen-bond donors (Lipinski definition) is 0. The fraction of sp³-hybridized carbons (Fsp3) is 0. The standard InChI is InChI=1S/C44H24Br4N4.Zn/c45-37-32-24-30-22-21-29(49-30)23-31-33(25-13-5-1-6-14-25)34(26-15-7-2-8-16-26)41(50-31)36(28-19-11-4-12-20-28)42-35(27-17-9-3-10-18-27)38(46)43(52-42)40(48)44(51-32)39(37)47;/h1-24H;. The van der Waals surface area contributed by atoms with E-state index in [0.29, 0.717) is 0 Å². The zero-order chi connectivity index (χ0) is 35.3. The van der Waals surface area contributed by atoms with Crippen LogP contribution >= 0.6 is 63.7 Å².